The SMILES string of the molecule is Cc1cccc(C)c1Nc1c(-c2c(N)cccc2OCC(N)=O)nc2ccc(F)cn12. The van der Waals surface area contributed by atoms with Crippen LogP contribution in [0.2, 0.25) is 0 Å². The molecule has 2 aromatic heterocycles. The molecule has 0 aliphatic carbocycles. The highest BCUT2D eigenvalue weighted by Crippen LogP contribution is 2.41. The Morgan fingerprint density at radius 3 is 2.55 bits per heavy atom. The standard InChI is InChI=1S/C23H22FN5O2/c1-13-5-3-6-14(2)21(13)28-23-22(27-19-10-9-15(24)11-29(19)23)20-16(25)7-4-8-17(20)31-12-18(26)30/h3-11,28H,12,25H2,1-2H3,(H2,26,30). The number of nitrogens with two attached hydrogens (primary N) is 2. The van der Waals surface area contributed by atoms with Gasteiger partial charge in [0.05, 0.1) is 5.56 Å². The number of ether oxygens (including phenoxy) is 1. The number of rotatable bonds is 6. The third kappa shape index (κ3) is 3.87. The number of carbonyl (C=O) groups excluding carboxylic acids is 1. The van der Waals surface area contributed by atoms with Gasteiger partial charge in [-0.3, -0.25) is 9.20 Å². The number of nitrogens with zero attached hydrogens (tertiary/aromatic N) is 2. The van der Waals surface area contributed by atoms with Gasteiger partial charge in [-0.15, -0.1) is 0 Å². The molecule has 7 nitrogen and oxygen atoms in total. The van der Waals surface area contributed by atoms with Crippen LogP contribution in [-0.2, 0) is 4.79 Å². The zero-order valence-corrected chi connectivity index (χ0v) is 17.1. The molecule has 0 bridgehead atoms. The maximum absolute atomic E-state index is 14.1. The Balaban J connectivity index is 1.96. The number of hydrogen-bond acceptors (Lipinski definition) is 5. The molecule has 8 heteroatoms. The average molecular weight is 419 g/mol. The number of anilines is 3. The van der Waals surface area contributed by atoms with Gasteiger partial charge in [-0.25, -0.2) is 9.37 Å². The third-order valence-electron chi connectivity index (χ3n) is 4.97. The normalized spacial score (nSPS) is 10.9. The number of nitrogens with one attached hydrogen (secondary N) is 1. The van der Waals surface area contributed by atoms with Crippen LogP contribution in [0.3, 0.4) is 0 Å². The van der Waals surface area contributed by atoms with Gasteiger partial charge in [-0.2, -0.15) is 0 Å². The van der Waals surface area contributed by atoms with E-state index in [0.717, 1.165) is 16.8 Å². The molecular formula is C23H22FN5O2. The molecule has 0 radical (unpaired) electrons. The number of halogens is 1. The summed E-state index contributed by atoms with van der Waals surface area (Å²) < 4.78 is 21.3. The molecule has 1 amide bonds. The van der Waals surface area contributed by atoms with Gasteiger partial charge in [0, 0.05) is 17.6 Å². The summed E-state index contributed by atoms with van der Waals surface area (Å²) in [5.74, 6) is -0.146. The van der Waals surface area contributed by atoms with Crippen LogP contribution >= 0.6 is 0 Å². The van der Waals surface area contributed by atoms with E-state index in [1.165, 1.54) is 12.3 Å². The van der Waals surface area contributed by atoms with Crippen molar-refractivity contribution in [3.8, 4) is 17.0 Å². The molecule has 158 valence electrons. The number of aryl methyl sites for hydroxylation is 2. The third-order valence-corrected chi connectivity index (χ3v) is 4.97. The highest BCUT2D eigenvalue weighted by Gasteiger charge is 2.22. The smallest absolute Gasteiger partial charge is 0.255 e. The highest BCUT2D eigenvalue weighted by molar-refractivity contribution is 5.90. The number of hydrogen-bond donors (Lipinski definition) is 3. The second-order valence-electron chi connectivity index (χ2n) is 7.25. The first-order valence-electron chi connectivity index (χ1n) is 9.66. The van der Waals surface area contributed by atoms with E-state index in [4.69, 9.17) is 16.2 Å². The molecule has 0 aliphatic rings. The summed E-state index contributed by atoms with van der Waals surface area (Å²) in [6, 6.07) is 14.0. The van der Waals surface area contributed by atoms with Crippen LogP contribution in [0.25, 0.3) is 16.9 Å². The van der Waals surface area contributed by atoms with Crippen molar-refractivity contribution in [3.05, 3.63) is 71.7 Å². The van der Waals surface area contributed by atoms with Gasteiger partial charge < -0.3 is 21.5 Å². The minimum Gasteiger partial charge on any atom is -0.483 e. The number of fused-ring (bicyclic) bond motifs is 1. The summed E-state index contributed by atoms with van der Waals surface area (Å²) in [6.07, 6.45) is 1.35. The molecule has 0 fully saturated rings. The molecule has 2 aromatic carbocycles. The molecule has 4 aromatic rings. The summed E-state index contributed by atoms with van der Waals surface area (Å²) in [5, 5.41) is 3.41. The second kappa shape index (κ2) is 7.98. The first kappa shape index (κ1) is 20.2. The van der Waals surface area contributed by atoms with E-state index in [1.807, 2.05) is 32.0 Å². The first-order chi connectivity index (χ1) is 14.8. The van der Waals surface area contributed by atoms with Gasteiger partial charge in [0.1, 0.15) is 28.7 Å². The van der Waals surface area contributed by atoms with Crippen LogP contribution in [0.1, 0.15) is 11.1 Å². The summed E-state index contributed by atoms with van der Waals surface area (Å²) in [4.78, 5) is 15.9. The summed E-state index contributed by atoms with van der Waals surface area (Å²) >= 11 is 0. The lowest BCUT2D eigenvalue weighted by molar-refractivity contribution is -0.119. The lowest BCUT2D eigenvalue weighted by Gasteiger charge is -2.16. The molecule has 0 aliphatic heterocycles. The molecule has 4 rings (SSSR count). The maximum atomic E-state index is 14.1. The van der Waals surface area contributed by atoms with Crippen molar-refractivity contribution >= 4 is 28.7 Å². The maximum Gasteiger partial charge on any atom is 0.255 e. The Hall–Kier alpha value is -4.07. The topological polar surface area (TPSA) is 108 Å². The fraction of sp³-hybridized carbons (Fsp3) is 0.130. The van der Waals surface area contributed by atoms with Gasteiger partial charge in [-0.05, 0) is 49.2 Å². The van der Waals surface area contributed by atoms with E-state index < -0.39 is 11.7 Å². The molecule has 31 heavy (non-hydrogen) atoms. The molecule has 2 heterocycles. The molecule has 0 atom stereocenters. The number of nitrogen functional groups attached to an aromatic ring is 1. The van der Waals surface area contributed by atoms with Crippen molar-refractivity contribution in [2.24, 2.45) is 5.73 Å². The minimum atomic E-state index is -0.612. The van der Waals surface area contributed by atoms with Crippen molar-refractivity contribution in [2.75, 3.05) is 17.7 Å². The van der Waals surface area contributed by atoms with Crippen LogP contribution in [0, 0.1) is 19.7 Å². The van der Waals surface area contributed by atoms with Crippen molar-refractivity contribution in [3.63, 3.8) is 0 Å². The molecule has 0 spiro atoms. The molecule has 5 N–H and O–H groups in total. The number of imidazole rings is 1. The monoisotopic (exact) mass is 419 g/mol. The van der Waals surface area contributed by atoms with E-state index in [-0.39, 0.29) is 6.61 Å². The van der Waals surface area contributed by atoms with Crippen molar-refractivity contribution in [1.82, 2.24) is 9.38 Å². The lowest BCUT2D eigenvalue weighted by Crippen LogP contribution is -2.20. The number of amides is 1. The fourth-order valence-electron chi connectivity index (χ4n) is 3.51. The predicted molar refractivity (Wildman–Crippen MR) is 119 cm³/mol. The van der Waals surface area contributed by atoms with E-state index in [9.17, 15) is 9.18 Å². The van der Waals surface area contributed by atoms with Crippen LogP contribution in [0.5, 0.6) is 5.75 Å². The van der Waals surface area contributed by atoms with Crippen molar-refractivity contribution in [2.45, 2.75) is 13.8 Å². The summed E-state index contributed by atoms with van der Waals surface area (Å²) in [5.41, 5.74) is 16.3. The van der Waals surface area contributed by atoms with Gasteiger partial charge in [0.15, 0.2) is 6.61 Å². The van der Waals surface area contributed by atoms with Gasteiger partial charge in [-0.1, -0.05) is 24.3 Å². The number of benzene rings is 2. The zero-order chi connectivity index (χ0) is 22.1. The van der Waals surface area contributed by atoms with E-state index in [0.29, 0.717) is 34.2 Å². The Morgan fingerprint density at radius 2 is 1.84 bits per heavy atom. The fourth-order valence-corrected chi connectivity index (χ4v) is 3.51. The summed E-state index contributed by atoms with van der Waals surface area (Å²) in [7, 11) is 0. The second-order valence-corrected chi connectivity index (χ2v) is 7.25. The van der Waals surface area contributed by atoms with E-state index >= 15 is 0 Å². The molecule has 0 saturated heterocycles. The van der Waals surface area contributed by atoms with Crippen molar-refractivity contribution < 1.29 is 13.9 Å². The van der Waals surface area contributed by atoms with E-state index in [2.05, 4.69) is 10.3 Å². The zero-order valence-electron chi connectivity index (χ0n) is 17.1. The van der Waals surface area contributed by atoms with Crippen LogP contribution in [0.4, 0.5) is 21.6 Å². The van der Waals surface area contributed by atoms with Crippen LogP contribution < -0.4 is 21.5 Å². The quantitative estimate of drug-likeness (QED) is 0.410. The number of pyridine rings is 1. The Labute approximate surface area is 178 Å². The van der Waals surface area contributed by atoms with E-state index in [1.54, 1.807) is 28.7 Å². The molecule has 0 unspecified atom stereocenters. The van der Waals surface area contributed by atoms with Crippen LogP contribution in [0.15, 0.2) is 54.7 Å². The van der Waals surface area contributed by atoms with Crippen LogP contribution in [-0.4, -0.2) is 21.9 Å². The Bertz CT molecular complexity index is 1280. The molecule has 0 saturated carbocycles. The summed E-state index contributed by atoms with van der Waals surface area (Å²) in [6.45, 7) is 3.66. The number of aromatic nitrogens is 2. The number of carbonyl (C=O) groups is 1. The van der Waals surface area contributed by atoms with Crippen molar-refractivity contribution in [1.29, 1.82) is 0 Å². The predicted octanol–water partition coefficient (Wildman–Crippen LogP) is 3.95. The minimum absolute atomic E-state index is 0.307. The lowest BCUT2D eigenvalue weighted by atomic mass is 10.1. The largest absolute Gasteiger partial charge is 0.483 e. The number of para-hydroxylation sites is 1. The Morgan fingerprint density at radius 1 is 1.13 bits per heavy atom. The average Bonchev–Trinajstić information content (AvgIpc) is 3.06. The van der Waals surface area contributed by atoms with Gasteiger partial charge in [0.25, 0.3) is 5.91 Å². The first-order valence-corrected chi connectivity index (χ1v) is 9.66. The van der Waals surface area contributed by atoms with Gasteiger partial charge >= 0.3 is 0 Å². The molecular weight excluding hydrogens is 397 g/mol. The Kier molecular flexibility index (Phi) is 5.21. The highest BCUT2D eigenvalue weighted by atomic mass is 19.1. The number of primary amides is 1. The van der Waals surface area contributed by atoms with Gasteiger partial charge in [0.2, 0.25) is 0 Å².